The van der Waals surface area contributed by atoms with Crippen LogP contribution in [-0.2, 0) is 23.8 Å². The molecule has 1 unspecified atom stereocenters. The quantitative estimate of drug-likeness (QED) is 0.429. The molecule has 1 aliphatic heterocycles. The maximum atomic E-state index is 13.5. The van der Waals surface area contributed by atoms with Crippen LogP contribution in [0.5, 0.6) is 0 Å². The summed E-state index contributed by atoms with van der Waals surface area (Å²) in [5.41, 5.74) is 3.97. The SMILES string of the molecule is O=C(C=C1CCN(c2ccc(Cl)cc2)c2cc(C(F)(F)F)ccc21)NC1CCc2cccnc2C1. The van der Waals surface area contributed by atoms with Crippen molar-refractivity contribution >= 4 is 34.5 Å². The van der Waals surface area contributed by atoms with Gasteiger partial charge in [-0.25, -0.2) is 0 Å². The fourth-order valence-corrected chi connectivity index (χ4v) is 4.93. The van der Waals surface area contributed by atoms with Gasteiger partial charge in [-0.3, -0.25) is 9.78 Å². The number of nitrogens with one attached hydrogen (secondary N) is 1. The fraction of sp³-hybridized carbons (Fsp3) is 0.259. The van der Waals surface area contributed by atoms with E-state index in [4.69, 9.17) is 11.6 Å². The van der Waals surface area contributed by atoms with E-state index in [1.807, 2.05) is 11.0 Å². The van der Waals surface area contributed by atoms with Crippen molar-refractivity contribution in [2.75, 3.05) is 11.4 Å². The number of halogens is 4. The van der Waals surface area contributed by atoms with E-state index >= 15 is 0 Å². The highest BCUT2D eigenvalue weighted by atomic mass is 35.5. The van der Waals surface area contributed by atoms with Crippen LogP contribution in [-0.4, -0.2) is 23.5 Å². The number of anilines is 2. The summed E-state index contributed by atoms with van der Waals surface area (Å²) in [5, 5.41) is 3.61. The Morgan fingerprint density at radius 2 is 1.91 bits per heavy atom. The lowest BCUT2D eigenvalue weighted by atomic mass is 9.91. The molecule has 0 saturated heterocycles. The molecule has 0 fully saturated rings. The van der Waals surface area contributed by atoms with Crippen LogP contribution < -0.4 is 10.2 Å². The third-order valence-corrected chi connectivity index (χ3v) is 6.79. The molecule has 0 spiro atoms. The number of carbonyl (C=O) groups is 1. The Bertz CT molecular complexity index is 1290. The topological polar surface area (TPSA) is 45.2 Å². The van der Waals surface area contributed by atoms with Crippen LogP contribution in [0, 0.1) is 0 Å². The highest BCUT2D eigenvalue weighted by Gasteiger charge is 2.33. The number of hydrogen-bond acceptors (Lipinski definition) is 3. The minimum atomic E-state index is -4.47. The number of amides is 1. The minimum Gasteiger partial charge on any atom is -0.349 e. The van der Waals surface area contributed by atoms with Gasteiger partial charge in [-0.05, 0) is 72.9 Å². The zero-order valence-electron chi connectivity index (χ0n) is 18.8. The zero-order valence-corrected chi connectivity index (χ0v) is 19.5. The largest absolute Gasteiger partial charge is 0.416 e. The van der Waals surface area contributed by atoms with Gasteiger partial charge in [0.15, 0.2) is 0 Å². The van der Waals surface area contributed by atoms with Crippen molar-refractivity contribution < 1.29 is 18.0 Å². The second kappa shape index (κ2) is 9.38. The molecule has 3 aromatic rings. The molecule has 1 amide bonds. The Morgan fingerprint density at radius 1 is 1.11 bits per heavy atom. The monoisotopic (exact) mass is 497 g/mol. The van der Waals surface area contributed by atoms with Crippen LogP contribution in [0.15, 0.2) is 66.9 Å². The van der Waals surface area contributed by atoms with Gasteiger partial charge in [0.05, 0.1) is 5.56 Å². The van der Waals surface area contributed by atoms with Crippen molar-refractivity contribution in [3.8, 4) is 0 Å². The Hall–Kier alpha value is -3.32. The van der Waals surface area contributed by atoms with Gasteiger partial charge in [0.25, 0.3) is 0 Å². The normalized spacial score (nSPS) is 18.7. The summed E-state index contributed by atoms with van der Waals surface area (Å²) >= 11 is 6.00. The van der Waals surface area contributed by atoms with E-state index in [9.17, 15) is 18.0 Å². The van der Waals surface area contributed by atoms with Gasteiger partial charge in [0.2, 0.25) is 5.91 Å². The standard InChI is InChI=1S/C27H23ClF3N3O/c28-20-5-8-22(9-6-20)34-13-11-18(23-10-4-19(15-25(23)34)27(29,30)31)14-26(35)33-21-7-3-17-2-1-12-32-24(17)16-21/h1-2,4-6,8-10,12,14-15,21H,3,7,11,13,16H2,(H,33,35). The predicted octanol–water partition coefficient (Wildman–Crippen LogP) is 6.35. The summed E-state index contributed by atoms with van der Waals surface area (Å²) in [4.78, 5) is 19.2. The van der Waals surface area contributed by atoms with E-state index in [2.05, 4.69) is 16.4 Å². The molecule has 8 heteroatoms. The third-order valence-electron chi connectivity index (χ3n) is 6.54. The van der Waals surface area contributed by atoms with Crippen LogP contribution in [0.3, 0.4) is 0 Å². The third kappa shape index (κ3) is 5.05. The lowest BCUT2D eigenvalue weighted by Gasteiger charge is -2.33. The number of hydrogen-bond donors (Lipinski definition) is 1. The zero-order chi connectivity index (χ0) is 24.6. The van der Waals surface area contributed by atoms with E-state index in [-0.39, 0.29) is 11.9 Å². The number of pyridine rings is 1. The molecule has 180 valence electrons. The number of carbonyl (C=O) groups excluding carboxylic acids is 1. The van der Waals surface area contributed by atoms with Gasteiger partial charge in [-0.1, -0.05) is 23.7 Å². The summed E-state index contributed by atoms with van der Waals surface area (Å²) in [6, 6.07) is 14.6. The lowest BCUT2D eigenvalue weighted by molar-refractivity contribution is -0.137. The van der Waals surface area contributed by atoms with E-state index in [1.54, 1.807) is 30.5 Å². The molecule has 4 nitrogen and oxygen atoms in total. The molecule has 0 bridgehead atoms. The Balaban J connectivity index is 1.42. The average molecular weight is 498 g/mol. The second-order valence-electron chi connectivity index (χ2n) is 8.83. The highest BCUT2D eigenvalue weighted by molar-refractivity contribution is 6.30. The van der Waals surface area contributed by atoms with Gasteiger partial charge in [-0.15, -0.1) is 0 Å². The average Bonchev–Trinajstić information content (AvgIpc) is 2.84. The molecule has 1 aromatic heterocycles. The summed E-state index contributed by atoms with van der Waals surface area (Å²) in [6.07, 6.45) is 1.67. The number of benzene rings is 2. The number of fused-ring (bicyclic) bond motifs is 2. The molecule has 0 saturated carbocycles. The van der Waals surface area contributed by atoms with Crippen molar-refractivity contribution in [1.82, 2.24) is 10.3 Å². The molecule has 2 heterocycles. The predicted molar refractivity (Wildman–Crippen MR) is 131 cm³/mol. The van der Waals surface area contributed by atoms with Gasteiger partial charge in [0.1, 0.15) is 0 Å². The van der Waals surface area contributed by atoms with E-state index in [1.165, 1.54) is 17.7 Å². The van der Waals surface area contributed by atoms with Crippen molar-refractivity contribution in [3.63, 3.8) is 0 Å². The number of aryl methyl sites for hydroxylation is 1. The highest BCUT2D eigenvalue weighted by Crippen LogP contribution is 2.42. The van der Waals surface area contributed by atoms with Crippen LogP contribution >= 0.6 is 11.6 Å². The van der Waals surface area contributed by atoms with Gasteiger partial charge >= 0.3 is 6.18 Å². The van der Waals surface area contributed by atoms with Crippen LogP contribution in [0.4, 0.5) is 24.5 Å². The van der Waals surface area contributed by atoms with E-state index < -0.39 is 11.7 Å². The maximum absolute atomic E-state index is 13.5. The summed E-state index contributed by atoms with van der Waals surface area (Å²) < 4.78 is 40.5. The Morgan fingerprint density at radius 3 is 2.69 bits per heavy atom. The first-order valence-electron chi connectivity index (χ1n) is 11.5. The first-order valence-corrected chi connectivity index (χ1v) is 11.8. The first kappa shape index (κ1) is 23.4. The molecule has 35 heavy (non-hydrogen) atoms. The molecule has 1 N–H and O–H groups in total. The molecular weight excluding hydrogens is 475 g/mol. The molecule has 0 radical (unpaired) electrons. The number of nitrogens with zero attached hydrogens (tertiary/aromatic N) is 2. The Kier molecular flexibility index (Phi) is 6.28. The van der Waals surface area contributed by atoms with E-state index in [0.717, 1.165) is 36.4 Å². The van der Waals surface area contributed by atoms with Gasteiger partial charge in [0, 0.05) is 58.9 Å². The van der Waals surface area contributed by atoms with Crippen LogP contribution in [0.2, 0.25) is 5.02 Å². The second-order valence-corrected chi connectivity index (χ2v) is 9.27. The smallest absolute Gasteiger partial charge is 0.349 e. The Labute approximate surface area is 206 Å². The van der Waals surface area contributed by atoms with Crippen LogP contribution in [0.25, 0.3) is 5.57 Å². The van der Waals surface area contributed by atoms with Crippen molar-refractivity contribution in [2.45, 2.75) is 37.9 Å². The number of rotatable bonds is 3. The molecular formula is C27H23ClF3N3O. The van der Waals surface area contributed by atoms with Crippen molar-refractivity contribution in [2.24, 2.45) is 0 Å². The summed E-state index contributed by atoms with van der Waals surface area (Å²) in [7, 11) is 0. The van der Waals surface area contributed by atoms with Crippen LogP contribution in [0.1, 0.15) is 35.2 Å². The lowest BCUT2D eigenvalue weighted by Crippen LogP contribution is -2.38. The fourth-order valence-electron chi connectivity index (χ4n) is 4.80. The maximum Gasteiger partial charge on any atom is 0.416 e. The molecule has 1 aliphatic carbocycles. The molecule has 2 aliphatic rings. The summed E-state index contributed by atoms with van der Waals surface area (Å²) in [6.45, 7) is 0.440. The summed E-state index contributed by atoms with van der Waals surface area (Å²) in [5.74, 6) is -0.241. The minimum absolute atomic E-state index is 0.0250. The molecule has 5 rings (SSSR count). The van der Waals surface area contributed by atoms with Gasteiger partial charge < -0.3 is 10.2 Å². The first-order chi connectivity index (χ1) is 16.8. The molecule has 2 aromatic carbocycles. The molecule has 1 atom stereocenters. The number of alkyl halides is 3. The van der Waals surface area contributed by atoms with Gasteiger partial charge in [-0.2, -0.15) is 13.2 Å². The number of aromatic nitrogens is 1. The van der Waals surface area contributed by atoms with Crippen molar-refractivity contribution in [3.05, 3.63) is 94.3 Å². The van der Waals surface area contributed by atoms with E-state index in [0.29, 0.717) is 41.2 Å². The van der Waals surface area contributed by atoms with Crippen molar-refractivity contribution in [1.29, 1.82) is 0 Å².